The molecule has 53 heavy (non-hydrogen) atoms. The molecule has 0 aliphatic carbocycles. The van der Waals surface area contributed by atoms with Gasteiger partial charge in [-0.3, -0.25) is 0 Å². The first kappa shape index (κ1) is 43.9. The molecule has 4 rings (SSSR count). The fourth-order valence-electron chi connectivity index (χ4n) is 8.17. The van der Waals surface area contributed by atoms with Crippen molar-refractivity contribution in [3.8, 4) is 0 Å². The molecule has 0 radical (unpaired) electrons. The summed E-state index contributed by atoms with van der Waals surface area (Å²) in [5.74, 6) is 0. The van der Waals surface area contributed by atoms with Gasteiger partial charge in [-0.1, -0.05) is 235 Å². The van der Waals surface area contributed by atoms with E-state index in [0.717, 1.165) is 13.1 Å². The van der Waals surface area contributed by atoms with Crippen LogP contribution >= 0.6 is 23.1 Å². The molecule has 2 aromatic carbocycles. The van der Waals surface area contributed by atoms with E-state index in [1.54, 1.807) is 0 Å². The minimum atomic E-state index is 1.12. The van der Waals surface area contributed by atoms with Gasteiger partial charge in [-0.25, -0.2) is 0 Å². The van der Waals surface area contributed by atoms with Gasteiger partial charge < -0.3 is 4.90 Å². The number of rotatable bonds is 33. The second kappa shape index (κ2) is 28.6. The van der Waals surface area contributed by atoms with Crippen LogP contribution in [0, 0.1) is 0 Å². The SMILES string of the molecule is CCCCCCCCCCCCCCCCCC[n+]1c(/C=C2/Sc3ccccc3N2CCCCCCCCCCCCCCCC)sc2ccccc21. The number of benzene rings is 2. The number of fused-ring (bicyclic) bond motifs is 2. The normalized spacial score (nSPS) is 13.5. The molecule has 1 aromatic heterocycles. The quantitative estimate of drug-likeness (QED) is 0.0451. The van der Waals surface area contributed by atoms with E-state index >= 15 is 0 Å². The van der Waals surface area contributed by atoms with Crippen molar-refractivity contribution in [3.05, 3.63) is 58.6 Å². The summed E-state index contributed by atoms with van der Waals surface area (Å²) in [6.45, 7) is 6.86. The number of anilines is 1. The average Bonchev–Trinajstić information content (AvgIpc) is 3.71. The molecule has 0 N–H and O–H groups in total. The minimum Gasteiger partial charge on any atom is -0.335 e. The number of aryl methyl sites for hydroxylation is 1. The topological polar surface area (TPSA) is 7.12 Å². The highest BCUT2D eigenvalue weighted by Crippen LogP contribution is 2.47. The van der Waals surface area contributed by atoms with Gasteiger partial charge >= 0.3 is 0 Å². The van der Waals surface area contributed by atoms with Crippen LogP contribution in [0.15, 0.2) is 58.5 Å². The summed E-state index contributed by atoms with van der Waals surface area (Å²) in [6, 6.07) is 18.2. The number of thioether (sulfide) groups is 1. The van der Waals surface area contributed by atoms with Crippen LogP contribution in [0.25, 0.3) is 16.3 Å². The molecule has 296 valence electrons. The zero-order valence-electron chi connectivity index (χ0n) is 34.5. The first-order valence-corrected chi connectivity index (χ1v) is 24.6. The van der Waals surface area contributed by atoms with Gasteiger partial charge in [-0.05, 0) is 31.0 Å². The Morgan fingerprint density at radius 3 is 1.45 bits per heavy atom. The predicted octanol–water partition coefficient (Wildman–Crippen LogP) is 16.8. The van der Waals surface area contributed by atoms with Gasteiger partial charge in [0.05, 0.1) is 16.8 Å². The molecule has 0 saturated carbocycles. The molecule has 0 spiro atoms. The molecule has 1 aliphatic rings. The Morgan fingerprint density at radius 1 is 0.491 bits per heavy atom. The number of unbranched alkanes of at least 4 members (excludes halogenated alkanes) is 28. The minimum absolute atomic E-state index is 1.12. The van der Waals surface area contributed by atoms with Crippen molar-refractivity contribution in [2.24, 2.45) is 0 Å². The smallest absolute Gasteiger partial charge is 0.265 e. The molecule has 0 amide bonds. The Hall–Kier alpha value is -1.78. The van der Waals surface area contributed by atoms with Crippen LogP contribution in [0.5, 0.6) is 0 Å². The standard InChI is InChI=1S/C49H79N2S2/c1-3-5-7-9-11-13-15-17-19-20-22-24-26-28-30-36-42-51-45-38-32-34-40-47(45)53-49(51)43-48-50(44-37-31-33-39-46(44)52-48)41-35-29-27-25-23-21-18-16-14-12-10-8-6-4-2/h31-34,37-40,43H,3-30,35-36,41-42H2,1-2H3/q+1. The number of hydrogen-bond acceptors (Lipinski definition) is 3. The van der Waals surface area contributed by atoms with E-state index in [1.807, 2.05) is 23.1 Å². The zero-order valence-corrected chi connectivity index (χ0v) is 36.2. The van der Waals surface area contributed by atoms with E-state index in [0.29, 0.717) is 0 Å². The van der Waals surface area contributed by atoms with Crippen LogP contribution in [0.2, 0.25) is 0 Å². The van der Waals surface area contributed by atoms with Crippen molar-refractivity contribution in [2.45, 2.75) is 218 Å². The molecule has 0 unspecified atom stereocenters. The van der Waals surface area contributed by atoms with Gasteiger partial charge in [0.15, 0.2) is 6.54 Å². The highest BCUT2D eigenvalue weighted by atomic mass is 32.2. The predicted molar refractivity (Wildman–Crippen MR) is 239 cm³/mol. The summed E-state index contributed by atoms with van der Waals surface area (Å²) >= 11 is 3.95. The third-order valence-corrected chi connectivity index (χ3v) is 13.7. The van der Waals surface area contributed by atoms with E-state index in [4.69, 9.17) is 0 Å². The third kappa shape index (κ3) is 17.3. The lowest BCUT2D eigenvalue weighted by Gasteiger charge is -2.20. The Bertz CT molecular complexity index is 1380. The summed E-state index contributed by atoms with van der Waals surface area (Å²) in [5, 5.41) is 2.82. The molecule has 3 aromatic rings. The Morgan fingerprint density at radius 2 is 0.925 bits per heavy atom. The van der Waals surface area contributed by atoms with Crippen molar-refractivity contribution in [2.75, 3.05) is 11.4 Å². The van der Waals surface area contributed by atoms with Crippen LogP contribution in [0.4, 0.5) is 5.69 Å². The molecule has 1 aliphatic heterocycles. The van der Waals surface area contributed by atoms with Crippen molar-refractivity contribution in [1.29, 1.82) is 0 Å². The Labute approximate surface area is 336 Å². The lowest BCUT2D eigenvalue weighted by atomic mass is 10.0. The maximum atomic E-state index is 2.63. The van der Waals surface area contributed by atoms with Crippen LogP contribution in [-0.2, 0) is 6.54 Å². The molecule has 0 bridgehead atoms. The summed E-state index contributed by atoms with van der Waals surface area (Å²) in [7, 11) is 0. The van der Waals surface area contributed by atoms with Gasteiger partial charge in [-0.15, -0.1) is 0 Å². The third-order valence-electron chi connectivity index (χ3n) is 11.5. The van der Waals surface area contributed by atoms with E-state index in [-0.39, 0.29) is 0 Å². The van der Waals surface area contributed by atoms with E-state index in [9.17, 15) is 0 Å². The maximum absolute atomic E-state index is 2.63. The Kier molecular flexibility index (Phi) is 23.7. The summed E-state index contributed by atoms with van der Waals surface area (Å²) in [4.78, 5) is 4.04. The summed E-state index contributed by atoms with van der Waals surface area (Å²) in [6.07, 6.45) is 45.0. The largest absolute Gasteiger partial charge is 0.335 e. The first-order valence-electron chi connectivity index (χ1n) is 23.0. The zero-order chi connectivity index (χ0) is 37.0. The summed E-state index contributed by atoms with van der Waals surface area (Å²) in [5.41, 5.74) is 2.81. The molecule has 0 saturated heterocycles. The van der Waals surface area contributed by atoms with Crippen LogP contribution in [-0.4, -0.2) is 6.54 Å². The number of thiazole rings is 1. The van der Waals surface area contributed by atoms with Crippen LogP contribution in [0.3, 0.4) is 0 Å². The second-order valence-electron chi connectivity index (χ2n) is 16.2. The fraction of sp³-hybridized carbons (Fsp3) is 0.694. The number of nitrogens with zero attached hydrogens (tertiary/aromatic N) is 2. The first-order chi connectivity index (χ1) is 26.3. The maximum Gasteiger partial charge on any atom is 0.265 e. The van der Waals surface area contributed by atoms with Crippen LogP contribution < -0.4 is 9.47 Å². The molecule has 4 heteroatoms. The molecular formula is C49H79N2S2+. The van der Waals surface area contributed by atoms with Gasteiger partial charge in [0.2, 0.25) is 5.52 Å². The van der Waals surface area contributed by atoms with Crippen molar-refractivity contribution in [1.82, 2.24) is 0 Å². The van der Waals surface area contributed by atoms with E-state index in [1.165, 1.54) is 223 Å². The molecular weight excluding hydrogens is 681 g/mol. The molecule has 2 nitrogen and oxygen atoms in total. The number of hydrogen-bond donors (Lipinski definition) is 0. The lowest BCUT2D eigenvalue weighted by Crippen LogP contribution is -2.35. The molecule has 2 heterocycles. The molecule has 0 fully saturated rings. The monoisotopic (exact) mass is 760 g/mol. The van der Waals surface area contributed by atoms with Gasteiger partial charge in [-0.2, -0.15) is 4.57 Å². The molecule has 0 atom stereocenters. The van der Waals surface area contributed by atoms with Crippen molar-refractivity contribution < 1.29 is 4.57 Å². The Balaban J connectivity index is 1.16. The van der Waals surface area contributed by atoms with Crippen molar-refractivity contribution >= 4 is 45.1 Å². The average molecular weight is 760 g/mol. The number of para-hydroxylation sites is 2. The fourth-order valence-corrected chi connectivity index (χ4v) is 10.5. The van der Waals surface area contributed by atoms with Gasteiger partial charge in [0.25, 0.3) is 5.01 Å². The summed E-state index contributed by atoms with van der Waals surface area (Å²) < 4.78 is 4.04. The highest BCUT2D eigenvalue weighted by Gasteiger charge is 2.27. The van der Waals surface area contributed by atoms with E-state index < -0.39 is 0 Å². The van der Waals surface area contributed by atoms with Gasteiger partial charge in [0, 0.05) is 23.9 Å². The second-order valence-corrected chi connectivity index (χ2v) is 18.3. The lowest BCUT2D eigenvalue weighted by molar-refractivity contribution is -0.669. The van der Waals surface area contributed by atoms with Crippen LogP contribution in [0.1, 0.15) is 211 Å². The van der Waals surface area contributed by atoms with Crippen molar-refractivity contribution in [3.63, 3.8) is 0 Å². The van der Waals surface area contributed by atoms with Gasteiger partial charge in [0.1, 0.15) is 4.70 Å². The number of aromatic nitrogens is 1. The highest BCUT2D eigenvalue weighted by molar-refractivity contribution is 8.03. The van der Waals surface area contributed by atoms with E-state index in [2.05, 4.69) is 77.9 Å².